The van der Waals surface area contributed by atoms with E-state index in [1.165, 1.54) is 12.1 Å². The van der Waals surface area contributed by atoms with Crippen LogP contribution in [-0.4, -0.2) is 39.4 Å². The van der Waals surface area contributed by atoms with Gasteiger partial charge in [-0.2, -0.15) is 9.50 Å². The fourth-order valence-corrected chi connectivity index (χ4v) is 3.96. The minimum Gasteiger partial charge on any atom is -0.356 e. The number of pyridine rings is 1. The lowest BCUT2D eigenvalue weighted by molar-refractivity contribution is -0.117. The third-order valence-electron chi connectivity index (χ3n) is 5.84. The van der Waals surface area contributed by atoms with Crippen molar-refractivity contribution in [2.45, 2.75) is 25.7 Å². The SMILES string of the molecule is O=C(Nc1nc2cccc(N3CCC(C(=O)c4ccc(F)cc4)CC3)n2n1)C1CC1. The lowest BCUT2D eigenvalue weighted by atomic mass is 9.89. The molecule has 7 nitrogen and oxygen atoms in total. The zero-order valence-electron chi connectivity index (χ0n) is 16.4. The fraction of sp³-hybridized carbons (Fsp3) is 0.364. The van der Waals surface area contributed by atoms with Gasteiger partial charge >= 0.3 is 0 Å². The molecule has 1 saturated carbocycles. The summed E-state index contributed by atoms with van der Waals surface area (Å²) in [5.41, 5.74) is 1.23. The Morgan fingerprint density at radius 3 is 2.40 bits per heavy atom. The zero-order valence-corrected chi connectivity index (χ0v) is 16.4. The number of benzene rings is 1. The number of hydrogen-bond donors (Lipinski definition) is 1. The summed E-state index contributed by atoms with van der Waals surface area (Å²) in [7, 11) is 0. The Morgan fingerprint density at radius 1 is 0.967 bits per heavy atom. The summed E-state index contributed by atoms with van der Waals surface area (Å²) in [6.45, 7) is 1.42. The van der Waals surface area contributed by atoms with Crippen molar-refractivity contribution in [3.05, 3.63) is 53.8 Å². The van der Waals surface area contributed by atoms with E-state index in [2.05, 4.69) is 20.3 Å². The van der Waals surface area contributed by atoms with Gasteiger partial charge in [-0.1, -0.05) is 6.07 Å². The average molecular weight is 407 g/mol. The molecule has 2 aliphatic rings. The maximum atomic E-state index is 13.1. The molecular formula is C22H22FN5O2. The Labute approximate surface area is 172 Å². The van der Waals surface area contributed by atoms with E-state index in [0.29, 0.717) is 43.1 Å². The lowest BCUT2D eigenvalue weighted by Crippen LogP contribution is -2.37. The van der Waals surface area contributed by atoms with Crippen molar-refractivity contribution in [2.75, 3.05) is 23.3 Å². The molecule has 3 heterocycles. The van der Waals surface area contributed by atoms with Crippen LogP contribution in [0.2, 0.25) is 0 Å². The van der Waals surface area contributed by atoms with Crippen LogP contribution in [0.25, 0.3) is 5.65 Å². The summed E-state index contributed by atoms with van der Waals surface area (Å²) >= 11 is 0. The second-order valence-corrected chi connectivity index (χ2v) is 7.99. The maximum Gasteiger partial charge on any atom is 0.249 e. The summed E-state index contributed by atoms with van der Waals surface area (Å²) in [6, 6.07) is 11.5. The predicted octanol–water partition coefficient (Wildman–Crippen LogP) is 3.32. The van der Waals surface area contributed by atoms with Crippen molar-refractivity contribution in [1.29, 1.82) is 0 Å². The molecule has 1 amide bonds. The van der Waals surface area contributed by atoms with Gasteiger partial charge in [-0.05, 0) is 62.1 Å². The molecule has 5 rings (SSSR count). The first-order valence-corrected chi connectivity index (χ1v) is 10.3. The molecule has 1 saturated heterocycles. The summed E-state index contributed by atoms with van der Waals surface area (Å²) in [5.74, 6) is 0.936. The Kier molecular flexibility index (Phi) is 4.69. The van der Waals surface area contributed by atoms with Crippen molar-refractivity contribution in [3.8, 4) is 0 Å². The van der Waals surface area contributed by atoms with Crippen molar-refractivity contribution < 1.29 is 14.0 Å². The Balaban J connectivity index is 1.29. The van der Waals surface area contributed by atoms with Gasteiger partial charge in [0, 0.05) is 30.5 Å². The smallest absolute Gasteiger partial charge is 0.249 e. The first-order chi connectivity index (χ1) is 14.6. The number of amides is 1. The number of piperidine rings is 1. The molecule has 0 spiro atoms. The summed E-state index contributed by atoms with van der Waals surface area (Å²) < 4.78 is 14.9. The number of aromatic nitrogens is 3. The minimum absolute atomic E-state index is 0.0208. The number of carbonyl (C=O) groups excluding carboxylic acids is 2. The highest BCUT2D eigenvalue weighted by molar-refractivity contribution is 5.98. The molecule has 1 aromatic carbocycles. The van der Waals surface area contributed by atoms with Gasteiger partial charge in [-0.25, -0.2) is 4.39 Å². The molecule has 30 heavy (non-hydrogen) atoms. The lowest BCUT2D eigenvalue weighted by Gasteiger charge is -2.32. The molecule has 2 fully saturated rings. The van der Waals surface area contributed by atoms with E-state index >= 15 is 0 Å². The highest BCUT2D eigenvalue weighted by Crippen LogP contribution is 2.30. The first-order valence-electron chi connectivity index (χ1n) is 10.3. The first kappa shape index (κ1) is 18.7. The van der Waals surface area contributed by atoms with Crippen LogP contribution in [0.4, 0.5) is 16.2 Å². The molecule has 3 aromatic rings. The summed E-state index contributed by atoms with van der Waals surface area (Å²) in [5, 5.41) is 7.27. The van der Waals surface area contributed by atoms with E-state index in [0.717, 1.165) is 18.7 Å². The second kappa shape index (κ2) is 7.51. The van der Waals surface area contributed by atoms with E-state index in [4.69, 9.17) is 0 Å². The van der Waals surface area contributed by atoms with Crippen LogP contribution in [0, 0.1) is 17.7 Å². The van der Waals surface area contributed by atoms with E-state index in [9.17, 15) is 14.0 Å². The quantitative estimate of drug-likeness (QED) is 0.657. The van der Waals surface area contributed by atoms with Gasteiger partial charge in [-0.3, -0.25) is 14.9 Å². The number of hydrogen-bond acceptors (Lipinski definition) is 5. The largest absolute Gasteiger partial charge is 0.356 e. The monoisotopic (exact) mass is 407 g/mol. The van der Waals surface area contributed by atoms with Crippen molar-refractivity contribution in [1.82, 2.24) is 14.6 Å². The van der Waals surface area contributed by atoms with E-state index in [-0.39, 0.29) is 29.3 Å². The number of halogens is 1. The minimum atomic E-state index is -0.338. The molecule has 8 heteroatoms. The van der Waals surface area contributed by atoms with Crippen LogP contribution < -0.4 is 10.2 Å². The van der Waals surface area contributed by atoms with Gasteiger partial charge in [0.25, 0.3) is 0 Å². The van der Waals surface area contributed by atoms with Crippen LogP contribution >= 0.6 is 0 Å². The van der Waals surface area contributed by atoms with Crippen molar-refractivity contribution in [3.63, 3.8) is 0 Å². The van der Waals surface area contributed by atoms with Crippen LogP contribution in [0.1, 0.15) is 36.0 Å². The predicted molar refractivity (Wildman–Crippen MR) is 110 cm³/mol. The molecule has 154 valence electrons. The van der Waals surface area contributed by atoms with Gasteiger partial charge in [0.2, 0.25) is 11.9 Å². The fourth-order valence-electron chi connectivity index (χ4n) is 3.96. The Bertz CT molecular complexity index is 1100. The number of Topliss-reactive ketones (excluding diaryl/α,β-unsaturated/α-hetero) is 1. The number of nitrogens with zero attached hydrogens (tertiary/aromatic N) is 4. The Morgan fingerprint density at radius 2 is 1.70 bits per heavy atom. The number of carbonyl (C=O) groups is 2. The average Bonchev–Trinajstić information content (AvgIpc) is 3.54. The number of rotatable bonds is 5. The van der Waals surface area contributed by atoms with Gasteiger partial charge in [0.05, 0.1) is 0 Å². The highest BCUT2D eigenvalue weighted by Gasteiger charge is 2.31. The molecule has 1 N–H and O–H groups in total. The third-order valence-corrected chi connectivity index (χ3v) is 5.84. The van der Waals surface area contributed by atoms with E-state index < -0.39 is 0 Å². The van der Waals surface area contributed by atoms with Crippen LogP contribution in [0.5, 0.6) is 0 Å². The number of ketones is 1. The molecule has 0 atom stereocenters. The zero-order chi connectivity index (χ0) is 20.7. The van der Waals surface area contributed by atoms with Gasteiger partial charge < -0.3 is 4.90 Å². The number of anilines is 2. The molecular weight excluding hydrogens is 385 g/mol. The molecule has 1 aliphatic carbocycles. The van der Waals surface area contributed by atoms with Crippen LogP contribution in [-0.2, 0) is 4.79 Å². The van der Waals surface area contributed by atoms with Gasteiger partial charge in [-0.15, -0.1) is 5.10 Å². The Hall–Kier alpha value is -3.29. The molecule has 0 unspecified atom stereocenters. The number of nitrogens with one attached hydrogen (secondary N) is 1. The summed E-state index contributed by atoms with van der Waals surface area (Å²) in [4.78, 5) is 31.3. The topological polar surface area (TPSA) is 79.6 Å². The van der Waals surface area contributed by atoms with Gasteiger partial charge in [0.15, 0.2) is 11.4 Å². The summed E-state index contributed by atoms with van der Waals surface area (Å²) in [6.07, 6.45) is 3.28. The van der Waals surface area contributed by atoms with Gasteiger partial charge in [0.1, 0.15) is 11.6 Å². The van der Waals surface area contributed by atoms with Crippen molar-refractivity contribution >= 4 is 29.1 Å². The molecule has 0 bridgehead atoms. The van der Waals surface area contributed by atoms with Crippen LogP contribution in [0.15, 0.2) is 42.5 Å². The van der Waals surface area contributed by atoms with Crippen LogP contribution in [0.3, 0.4) is 0 Å². The van der Waals surface area contributed by atoms with E-state index in [1.807, 2.05) is 18.2 Å². The molecule has 0 radical (unpaired) electrons. The third kappa shape index (κ3) is 3.65. The second-order valence-electron chi connectivity index (χ2n) is 7.99. The maximum absolute atomic E-state index is 13.1. The molecule has 1 aliphatic heterocycles. The highest BCUT2D eigenvalue weighted by atomic mass is 19.1. The standard InChI is InChI=1S/C22H22FN5O2/c23-17-8-6-14(7-9-17)20(29)15-10-12-27(13-11-15)19-3-1-2-18-24-22(26-28(18)19)25-21(30)16-4-5-16/h1-3,6-9,15-16H,4-5,10-13H2,(H,25,26,30). The van der Waals surface area contributed by atoms with E-state index in [1.54, 1.807) is 16.6 Å². The number of fused-ring (bicyclic) bond motifs is 1. The van der Waals surface area contributed by atoms with Crippen molar-refractivity contribution in [2.24, 2.45) is 11.8 Å². The normalized spacial score (nSPS) is 17.3. The molecule has 2 aromatic heterocycles.